The van der Waals surface area contributed by atoms with Crippen molar-refractivity contribution in [3.05, 3.63) is 0 Å². The lowest BCUT2D eigenvalue weighted by Gasteiger charge is -2.17. The van der Waals surface area contributed by atoms with Crippen LogP contribution in [0.1, 0.15) is 34.6 Å². The molecule has 0 fully saturated rings. The van der Waals surface area contributed by atoms with Crippen LogP contribution >= 0.6 is 11.6 Å². The molecule has 84 valence electrons. The van der Waals surface area contributed by atoms with Crippen LogP contribution in [-0.4, -0.2) is 24.2 Å². The van der Waals surface area contributed by atoms with Crippen molar-refractivity contribution < 1.29 is 14.3 Å². The van der Waals surface area contributed by atoms with Gasteiger partial charge in [-0.3, -0.25) is 9.59 Å². The first-order valence-corrected chi connectivity index (χ1v) is 4.94. The first-order valence-electron chi connectivity index (χ1n) is 4.51. The highest BCUT2D eigenvalue weighted by atomic mass is 35.5. The Kier molecular flexibility index (Phi) is 8.85. The van der Waals surface area contributed by atoms with Crippen molar-refractivity contribution in [3.63, 3.8) is 0 Å². The Hall–Kier alpha value is -0.570. The van der Waals surface area contributed by atoms with Crippen LogP contribution in [0.15, 0.2) is 0 Å². The van der Waals surface area contributed by atoms with Gasteiger partial charge in [0.25, 0.3) is 6.47 Å². The first-order chi connectivity index (χ1) is 6.27. The van der Waals surface area contributed by atoms with Gasteiger partial charge in [0.15, 0.2) is 5.78 Å². The third-order valence-corrected chi connectivity index (χ3v) is 1.53. The molecular formula is C10H19ClO3. The highest BCUT2D eigenvalue weighted by Gasteiger charge is 2.24. The number of rotatable bonds is 3. The second-order valence-corrected chi connectivity index (χ2v) is 4.44. The number of ether oxygens (including phenoxy) is 1. The third-order valence-electron chi connectivity index (χ3n) is 1.34. The smallest absolute Gasteiger partial charge is 0.293 e. The number of carbonyl (C=O) groups excluding carboxylic acids is 2. The van der Waals surface area contributed by atoms with Crippen molar-refractivity contribution in [1.29, 1.82) is 0 Å². The van der Waals surface area contributed by atoms with E-state index in [2.05, 4.69) is 4.74 Å². The summed E-state index contributed by atoms with van der Waals surface area (Å²) in [5.41, 5.74) is -0.291. The standard InChI is InChI=1S/C7H13ClO.C3H6O2/c1-5(8)6(9)7(2,3)4;1-2-5-3-4/h5H,1-4H3;3H,2H2,1H3. The summed E-state index contributed by atoms with van der Waals surface area (Å²) in [6.45, 7) is 9.98. The molecule has 0 radical (unpaired) electrons. The summed E-state index contributed by atoms with van der Waals surface area (Å²) >= 11 is 5.56. The molecule has 0 amide bonds. The predicted octanol–water partition coefficient (Wildman–Crippen LogP) is 2.41. The molecule has 0 aromatic rings. The van der Waals surface area contributed by atoms with Crippen molar-refractivity contribution >= 4 is 23.9 Å². The fourth-order valence-electron chi connectivity index (χ4n) is 0.665. The van der Waals surface area contributed by atoms with E-state index in [0.29, 0.717) is 13.1 Å². The van der Waals surface area contributed by atoms with Crippen LogP contribution in [0.4, 0.5) is 0 Å². The summed E-state index contributed by atoms with van der Waals surface area (Å²) in [5, 5.41) is -0.356. The average molecular weight is 223 g/mol. The van der Waals surface area contributed by atoms with Gasteiger partial charge in [-0.2, -0.15) is 0 Å². The van der Waals surface area contributed by atoms with Gasteiger partial charge < -0.3 is 4.74 Å². The van der Waals surface area contributed by atoms with Crippen molar-refractivity contribution in [2.24, 2.45) is 5.41 Å². The van der Waals surface area contributed by atoms with E-state index >= 15 is 0 Å². The maximum atomic E-state index is 11.0. The fourth-order valence-corrected chi connectivity index (χ4v) is 0.992. The number of ketones is 1. The summed E-state index contributed by atoms with van der Waals surface area (Å²) in [5.74, 6) is 0.101. The zero-order valence-corrected chi connectivity index (χ0v) is 10.2. The Morgan fingerprint density at radius 3 is 1.93 bits per heavy atom. The van der Waals surface area contributed by atoms with E-state index in [4.69, 9.17) is 11.6 Å². The summed E-state index contributed by atoms with van der Waals surface area (Å²) in [6.07, 6.45) is 0. The average Bonchev–Trinajstić information content (AvgIpc) is 2.04. The van der Waals surface area contributed by atoms with Crippen LogP contribution in [0, 0.1) is 5.41 Å². The second kappa shape index (κ2) is 7.80. The van der Waals surface area contributed by atoms with Gasteiger partial charge in [0.05, 0.1) is 12.0 Å². The molecule has 1 unspecified atom stereocenters. The van der Waals surface area contributed by atoms with Crippen LogP contribution in [0.25, 0.3) is 0 Å². The quantitative estimate of drug-likeness (QED) is 0.544. The topological polar surface area (TPSA) is 43.4 Å². The predicted molar refractivity (Wildman–Crippen MR) is 57.5 cm³/mol. The maximum Gasteiger partial charge on any atom is 0.293 e. The highest BCUT2D eigenvalue weighted by Crippen LogP contribution is 2.18. The molecule has 0 aromatic carbocycles. The number of alkyl halides is 1. The lowest BCUT2D eigenvalue weighted by Crippen LogP contribution is -2.26. The largest absolute Gasteiger partial charge is 0.468 e. The zero-order valence-electron chi connectivity index (χ0n) is 9.46. The van der Waals surface area contributed by atoms with Gasteiger partial charge in [-0.15, -0.1) is 11.6 Å². The lowest BCUT2D eigenvalue weighted by atomic mass is 9.89. The molecule has 0 aliphatic rings. The Labute approximate surface area is 90.8 Å². The highest BCUT2D eigenvalue weighted by molar-refractivity contribution is 6.31. The number of hydrogen-bond acceptors (Lipinski definition) is 3. The number of carbonyl (C=O) groups is 2. The van der Waals surface area contributed by atoms with E-state index in [1.54, 1.807) is 13.8 Å². The summed E-state index contributed by atoms with van der Waals surface area (Å²) < 4.78 is 4.15. The Morgan fingerprint density at radius 1 is 1.50 bits per heavy atom. The lowest BCUT2D eigenvalue weighted by molar-refractivity contribution is -0.128. The van der Waals surface area contributed by atoms with E-state index in [-0.39, 0.29) is 16.6 Å². The van der Waals surface area contributed by atoms with E-state index in [1.165, 1.54) is 0 Å². The fraction of sp³-hybridized carbons (Fsp3) is 0.800. The van der Waals surface area contributed by atoms with Gasteiger partial charge in [-0.05, 0) is 13.8 Å². The molecule has 3 nitrogen and oxygen atoms in total. The molecule has 14 heavy (non-hydrogen) atoms. The van der Waals surface area contributed by atoms with E-state index < -0.39 is 0 Å². The maximum absolute atomic E-state index is 11.0. The molecule has 0 aliphatic heterocycles. The molecule has 0 bridgehead atoms. The molecule has 0 saturated heterocycles. The van der Waals surface area contributed by atoms with Crippen LogP contribution in [-0.2, 0) is 14.3 Å². The normalized spacial score (nSPS) is 12.1. The first kappa shape index (κ1) is 15.9. The van der Waals surface area contributed by atoms with Crippen molar-refractivity contribution in [3.8, 4) is 0 Å². The number of Topliss-reactive ketones (excluding diaryl/α,β-unsaturated/α-hetero) is 1. The molecule has 0 rings (SSSR count). The second-order valence-electron chi connectivity index (χ2n) is 3.78. The Bertz CT molecular complexity index is 171. The number of halogens is 1. The Balaban J connectivity index is 0. The van der Waals surface area contributed by atoms with E-state index in [0.717, 1.165) is 0 Å². The Morgan fingerprint density at radius 2 is 1.93 bits per heavy atom. The minimum absolute atomic E-state index is 0.101. The van der Waals surface area contributed by atoms with Gasteiger partial charge in [0, 0.05) is 5.41 Å². The third kappa shape index (κ3) is 9.52. The molecule has 0 saturated carbocycles. The monoisotopic (exact) mass is 222 g/mol. The van der Waals surface area contributed by atoms with E-state index in [1.807, 2.05) is 20.8 Å². The molecule has 0 N–H and O–H groups in total. The van der Waals surface area contributed by atoms with Crippen LogP contribution in [0.5, 0.6) is 0 Å². The van der Waals surface area contributed by atoms with E-state index in [9.17, 15) is 9.59 Å². The van der Waals surface area contributed by atoms with Crippen molar-refractivity contribution in [2.45, 2.75) is 40.0 Å². The van der Waals surface area contributed by atoms with Gasteiger partial charge in [0.1, 0.15) is 0 Å². The number of hydrogen-bond donors (Lipinski definition) is 0. The van der Waals surface area contributed by atoms with Gasteiger partial charge in [0.2, 0.25) is 0 Å². The summed E-state index contributed by atoms with van der Waals surface area (Å²) in [6, 6.07) is 0. The van der Waals surface area contributed by atoms with Crippen LogP contribution in [0.2, 0.25) is 0 Å². The van der Waals surface area contributed by atoms with Gasteiger partial charge in [-0.1, -0.05) is 20.8 Å². The van der Waals surface area contributed by atoms with Crippen molar-refractivity contribution in [2.75, 3.05) is 6.61 Å². The SMILES string of the molecule is CC(Cl)C(=O)C(C)(C)C.CCOC=O. The molecule has 1 atom stereocenters. The summed E-state index contributed by atoms with van der Waals surface area (Å²) in [4.78, 5) is 20.2. The van der Waals surface area contributed by atoms with Crippen LogP contribution in [0.3, 0.4) is 0 Å². The van der Waals surface area contributed by atoms with Gasteiger partial charge >= 0.3 is 0 Å². The molecule has 0 heterocycles. The molecular weight excluding hydrogens is 204 g/mol. The van der Waals surface area contributed by atoms with Crippen LogP contribution < -0.4 is 0 Å². The molecule has 4 heteroatoms. The zero-order chi connectivity index (χ0) is 11.8. The molecule has 0 spiro atoms. The minimum atomic E-state index is -0.356. The minimum Gasteiger partial charge on any atom is -0.468 e. The molecule has 0 aliphatic carbocycles. The van der Waals surface area contributed by atoms with Crippen molar-refractivity contribution in [1.82, 2.24) is 0 Å². The summed E-state index contributed by atoms with van der Waals surface area (Å²) in [7, 11) is 0. The molecule has 0 aromatic heterocycles. The van der Waals surface area contributed by atoms with Gasteiger partial charge in [-0.25, -0.2) is 0 Å².